The summed E-state index contributed by atoms with van der Waals surface area (Å²) < 4.78 is 5.17. The molecule has 1 fully saturated rings. The number of hydrogen-bond acceptors (Lipinski definition) is 5. The largest absolute Gasteiger partial charge is 0.452 e. The third kappa shape index (κ3) is 9.20. The van der Waals surface area contributed by atoms with Crippen molar-refractivity contribution in [2.45, 2.75) is 82.2 Å². The molecule has 1 aliphatic rings. The standard InChI is InChI=1S/C23H34N2O4S/c1-23(2,3)25-20(26)15-29-22(28)18-13-9-10-14-19(18)30-16-21(27)24-17-11-7-5-4-6-8-12-17/h9-10,13-14,17H,4-8,11-12,15-16H2,1-3H3,(H,24,27)(H,25,26). The number of carbonyl (C=O) groups excluding carboxylic acids is 3. The predicted octanol–water partition coefficient (Wildman–Crippen LogP) is 4.08. The molecular weight excluding hydrogens is 400 g/mol. The lowest BCUT2D eigenvalue weighted by Crippen LogP contribution is -2.42. The minimum Gasteiger partial charge on any atom is -0.452 e. The van der Waals surface area contributed by atoms with Gasteiger partial charge in [0.2, 0.25) is 5.91 Å². The van der Waals surface area contributed by atoms with Gasteiger partial charge in [-0.05, 0) is 45.7 Å². The number of benzene rings is 1. The third-order valence-electron chi connectivity index (χ3n) is 4.78. The van der Waals surface area contributed by atoms with Gasteiger partial charge in [0, 0.05) is 16.5 Å². The molecule has 2 amide bonds. The summed E-state index contributed by atoms with van der Waals surface area (Å²) in [6.45, 7) is 5.25. The molecule has 0 aliphatic heterocycles. The molecule has 0 radical (unpaired) electrons. The molecule has 0 unspecified atom stereocenters. The van der Waals surface area contributed by atoms with Crippen LogP contribution in [0.5, 0.6) is 0 Å². The Morgan fingerprint density at radius 3 is 2.30 bits per heavy atom. The number of thioether (sulfide) groups is 1. The molecule has 0 aromatic heterocycles. The van der Waals surface area contributed by atoms with Crippen molar-refractivity contribution in [3.05, 3.63) is 29.8 Å². The highest BCUT2D eigenvalue weighted by atomic mass is 32.2. The molecule has 166 valence electrons. The lowest BCUT2D eigenvalue weighted by Gasteiger charge is -2.21. The molecule has 7 heteroatoms. The summed E-state index contributed by atoms with van der Waals surface area (Å²) in [5.41, 5.74) is -0.0222. The van der Waals surface area contributed by atoms with Crippen molar-refractivity contribution < 1.29 is 19.1 Å². The van der Waals surface area contributed by atoms with Crippen LogP contribution in [0.3, 0.4) is 0 Å². The Bertz CT molecular complexity index is 722. The van der Waals surface area contributed by atoms with E-state index < -0.39 is 5.97 Å². The summed E-state index contributed by atoms with van der Waals surface area (Å²) in [5, 5.41) is 5.89. The summed E-state index contributed by atoms with van der Waals surface area (Å²) in [6, 6.07) is 7.25. The Labute approximate surface area is 183 Å². The average molecular weight is 435 g/mol. The van der Waals surface area contributed by atoms with Crippen molar-refractivity contribution in [1.82, 2.24) is 10.6 Å². The van der Waals surface area contributed by atoms with E-state index in [9.17, 15) is 14.4 Å². The van der Waals surface area contributed by atoms with Crippen molar-refractivity contribution in [2.24, 2.45) is 0 Å². The lowest BCUT2D eigenvalue weighted by molar-refractivity contribution is -0.125. The average Bonchev–Trinajstić information content (AvgIpc) is 2.65. The van der Waals surface area contributed by atoms with Crippen LogP contribution in [0.1, 0.15) is 76.1 Å². The topological polar surface area (TPSA) is 84.5 Å². The molecule has 1 saturated carbocycles. The first-order valence-corrected chi connectivity index (χ1v) is 11.7. The molecule has 2 rings (SSSR count). The monoisotopic (exact) mass is 434 g/mol. The second kappa shape index (κ2) is 12.0. The highest BCUT2D eigenvalue weighted by Gasteiger charge is 2.19. The summed E-state index contributed by atoms with van der Waals surface area (Å²) >= 11 is 1.31. The van der Waals surface area contributed by atoms with Crippen molar-refractivity contribution in [3.63, 3.8) is 0 Å². The third-order valence-corrected chi connectivity index (χ3v) is 5.86. The number of rotatable bonds is 7. The van der Waals surface area contributed by atoms with E-state index in [0.29, 0.717) is 10.5 Å². The molecular formula is C23H34N2O4S. The molecule has 0 heterocycles. The van der Waals surface area contributed by atoms with Crippen molar-refractivity contribution in [2.75, 3.05) is 12.4 Å². The van der Waals surface area contributed by atoms with Crippen LogP contribution in [0.4, 0.5) is 0 Å². The molecule has 30 heavy (non-hydrogen) atoms. The van der Waals surface area contributed by atoms with Crippen molar-refractivity contribution in [3.8, 4) is 0 Å². The Morgan fingerprint density at radius 2 is 1.63 bits per heavy atom. The minimum atomic E-state index is -0.567. The van der Waals surface area contributed by atoms with E-state index in [1.54, 1.807) is 18.2 Å². The normalized spacial score (nSPS) is 15.6. The van der Waals surface area contributed by atoms with Gasteiger partial charge in [0.05, 0.1) is 11.3 Å². The maximum Gasteiger partial charge on any atom is 0.339 e. The van der Waals surface area contributed by atoms with Gasteiger partial charge in [-0.3, -0.25) is 9.59 Å². The number of amides is 2. The summed E-state index contributed by atoms with van der Waals surface area (Å²) in [6.07, 6.45) is 8.17. The maximum atomic E-state index is 12.5. The van der Waals surface area contributed by atoms with Crippen LogP contribution in [-0.4, -0.2) is 41.7 Å². The fourth-order valence-electron chi connectivity index (χ4n) is 3.44. The van der Waals surface area contributed by atoms with E-state index in [1.165, 1.54) is 31.0 Å². The number of carbonyl (C=O) groups is 3. The van der Waals surface area contributed by atoms with E-state index in [2.05, 4.69) is 10.6 Å². The van der Waals surface area contributed by atoms with Crippen molar-refractivity contribution >= 4 is 29.5 Å². The van der Waals surface area contributed by atoms with Gasteiger partial charge >= 0.3 is 5.97 Å². The quantitative estimate of drug-likeness (QED) is 0.499. The molecule has 0 bridgehead atoms. The minimum absolute atomic E-state index is 0.0155. The van der Waals surface area contributed by atoms with Crippen LogP contribution in [-0.2, 0) is 14.3 Å². The first-order valence-electron chi connectivity index (χ1n) is 10.7. The zero-order valence-corrected chi connectivity index (χ0v) is 19.1. The predicted molar refractivity (Wildman–Crippen MR) is 120 cm³/mol. The van der Waals surface area contributed by atoms with Crippen LogP contribution in [0.15, 0.2) is 29.2 Å². The number of nitrogens with one attached hydrogen (secondary N) is 2. The molecule has 1 aromatic carbocycles. The maximum absolute atomic E-state index is 12.5. The van der Waals surface area contributed by atoms with E-state index in [4.69, 9.17) is 4.74 Å². The van der Waals surface area contributed by atoms with E-state index in [1.807, 2.05) is 26.8 Å². The fourth-order valence-corrected chi connectivity index (χ4v) is 4.29. The lowest BCUT2D eigenvalue weighted by atomic mass is 9.97. The zero-order chi connectivity index (χ0) is 22.0. The van der Waals surface area contributed by atoms with Gasteiger partial charge in [0.25, 0.3) is 5.91 Å². The van der Waals surface area contributed by atoms with E-state index >= 15 is 0 Å². The number of esters is 1. The second-order valence-electron chi connectivity index (χ2n) is 8.77. The first-order chi connectivity index (χ1) is 14.2. The molecule has 0 atom stereocenters. The first kappa shape index (κ1) is 24.3. The summed E-state index contributed by atoms with van der Waals surface area (Å²) in [7, 11) is 0. The molecule has 1 aliphatic carbocycles. The fraction of sp³-hybridized carbons (Fsp3) is 0.609. The van der Waals surface area contributed by atoms with Gasteiger partial charge in [0.15, 0.2) is 6.61 Å². The zero-order valence-electron chi connectivity index (χ0n) is 18.3. The molecule has 0 spiro atoms. The Balaban J connectivity index is 1.85. The van der Waals surface area contributed by atoms with Gasteiger partial charge in [-0.25, -0.2) is 4.79 Å². The highest BCUT2D eigenvalue weighted by Crippen LogP contribution is 2.24. The molecule has 0 saturated heterocycles. The SMILES string of the molecule is CC(C)(C)NC(=O)COC(=O)c1ccccc1SCC(=O)NC1CCCCCCC1. The van der Waals surface area contributed by atoms with Gasteiger partial charge in [0.1, 0.15) is 0 Å². The smallest absolute Gasteiger partial charge is 0.339 e. The van der Waals surface area contributed by atoms with Gasteiger partial charge in [-0.2, -0.15) is 0 Å². The summed E-state index contributed by atoms with van der Waals surface area (Å²) in [4.78, 5) is 37.4. The van der Waals surface area contributed by atoms with Crippen LogP contribution >= 0.6 is 11.8 Å². The van der Waals surface area contributed by atoms with Crippen LogP contribution in [0, 0.1) is 0 Å². The number of hydrogen-bond donors (Lipinski definition) is 2. The highest BCUT2D eigenvalue weighted by molar-refractivity contribution is 8.00. The van der Waals surface area contributed by atoms with E-state index in [-0.39, 0.29) is 35.8 Å². The van der Waals surface area contributed by atoms with Crippen LogP contribution < -0.4 is 10.6 Å². The van der Waals surface area contributed by atoms with Gasteiger partial charge in [-0.15, -0.1) is 11.8 Å². The van der Waals surface area contributed by atoms with Crippen LogP contribution in [0.25, 0.3) is 0 Å². The second-order valence-corrected chi connectivity index (χ2v) is 9.79. The number of ether oxygens (including phenoxy) is 1. The molecule has 2 N–H and O–H groups in total. The van der Waals surface area contributed by atoms with Crippen molar-refractivity contribution in [1.29, 1.82) is 0 Å². The van der Waals surface area contributed by atoms with Crippen LogP contribution in [0.2, 0.25) is 0 Å². The summed E-state index contributed by atoms with van der Waals surface area (Å²) in [5.74, 6) is -0.689. The Morgan fingerprint density at radius 1 is 1.00 bits per heavy atom. The van der Waals surface area contributed by atoms with Gasteiger partial charge < -0.3 is 15.4 Å². The van der Waals surface area contributed by atoms with E-state index in [0.717, 1.165) is 25.7 Å². The molecule has 1 aromatic rings. The van der Waals surface area contributed by atoms with Gasteiger partial charge in [-0.1, -0.05) is 44.2 Å². The molecule has 6 nitrogen and oxygen atoms in total. The Kier molecular flexibility index (Phi) is 9.69. The Hall–Kier alpha value is -2.02.